The molecule has 2 aromatic carbocycles. The molecule has 1 atom stereocenters. The van der Waals surface area contributed by atoms with Crippen LogP contribution in [0.1, 0.15) is 12.5 Å². The smallest absolute Gasteiger partial charge is 0.332 e. The van der Waals surface area contributed by atoms with Crippen molar-refractivity contribution >= 4 is 5.69 Å². The van der Waals surface area contributed by atoms with Crippen molar-refractivity contribution in [1.82, 2.24) is 19.4 Å². The number of phenols is 1. The van der Waals surface area contributed by atoms with Gasteiger partial charge in [0.1, 0.15) is 11.6 Å². The molecular formula is C27H28FN5O2. The summed E-state index contributed by atoms with van der Waals surface area (Å²) in [7, 11) is 1.62. The van der Waals surface area contributed by atoms with Crippen molar-refractivity contribution in [2.24, 2.45) is 7.05 Å². The number of benzene rings is 2. The van der Waals surface area contributed by atoms with Crippen molar-refractivity contribution in [1.29, 1.82) is 0 Å². The van der Waals surface area contributed by atoms with Gasteiger partial charge in [-0.05, 0) is 55.3 Å². The third-order valence-electron chi connectivity index (χ3n) is 6.49. The van der Waals surface area contributed by atoms with Crippen LogP contribution >= 0.6 is 0 Å². The number of anilines is 1. The van der Waals surface area contributed by atoms with E-state index in [1.54, 1.807) is 31.6 Å². The number of hydrogen-bond donors (Lipinski definition) is 2. The third kappa shape index (κ3) is 4.33. The molecule has 3 heterocycles. The number of hydrogen-bond acceptors (Lipinski definition) is 5. The Balaban J connectivity index is 1.54. The monoisotopic (exact) mass is 473 g/mol. The number of piperazine rings is 1. The Morgan fingerprint density at radius 1 is 1.09 bits per heavy atom. The lowest BCUT2D eigenvalue weighted by molar-refractivity contribution is 0.479. The molecule has 7 nitrogen and oxygen atoms in total. The second-order valence-electron chi connectivity index (χ2n) is 9.17. The maximum absolute atomic E-state index is 15.1. The van der Waals surface area contributed by atoms with Gasteiger partial charge in [-0.15, -0.1) is 0 Å². The Morgan fingerprint density at radius 3 is 2.54 bits per heavy atom. The van der Waals surface area contributed by atoms with Crippen LogP contribution in [0.2, 0.25) is 0 Å². The lowest BCUT2D eigenvalue weighted by atomic mass is 9.95. The van der Waals surface area contributed by atoms with Gasteiger partial charge in [0, 0.05) is 68.0 Å². The number of aryl methyl sites for hydroxylation is 2. The van der Waals surface area contributed by atoms with Crippen LogP contribution in [-0.2, 0) is 7.05 Å². The number of nitrogens with zero attached hydrogens (tertiary/aromatic N) is 4. The number of aromatic nitrogens is 3. The fraction of sp³-hybridized carbons (Fsp3) is 0.259. The summed E-state index contributed by atoms with van der Waals surface area (Å²) in [6.07, 6.45) is 6.69. The summed E-state index contributed by atoms with van der Waals surface area (Å²) in [5, 5.41) is 14.7. The van der Waals surface area contributed by atoms with Crippen LogP contribution in [0.25, 0.3) is 27.9 Å². The Morgan fingerprint density at radius 2 is 1.86 bits per heavy atom. The predicted molar refractivity (Wildman–Crippen MR) is 136 cm³/mol. The molecule has 0 unspecified atom stereocenters. The molecule has 0 amide bonds. The van der Waals surface area contributed by atoms with E-state index in [-0.39, 0.29) is 17.1 Å². The van der Waals surface area contributed by atoms with Crippen LogP contribution in [0.4, 0.5) is 10.1 Å². The topological polar surface area (TPSA) is 75.3 Å². The molecule has 0 saturated carbocycles. The first-order valence-corrected chi connectivity index (χ1v) is 11.6. The molecule has 0 spiro atoms. The molecule has 4 aromatic rings. The maximum Gasteiger partial charge on any atom is 0.332 e. The second kappa shape index (κ2) is 9.03. The van der Waals surface area contributed by atoms with Gasteiger partial charge < -0.3 is 19.9 Å². The first-order valence-electron chi connectivity index (χ1n) is 11.6. The number of halogens is 1. The zero-order valence-electron chi connectivity index (χ0n) is 20.0. The fourth-order valence-electron chi connectivity index (χ4n) is 4.65. The first-order chi connectivity index (χ1) is 16.8. The lowest BCUT2D eigenvalue weighted by Crippen LogP contribution is -2.49. The molecule has 0 aliphatic carbocycles. The van der Waals surface area contributed by atoms with E-state index in [1.165, 1.54) is 21.4 Å². The van der Waals surface area contributed by atoms with Gasteiger partial charge in [-0.3, -0.25) is 9.55 Å². The molecule has 0 bridgehead atoms. The minimum absolute atomic E-state index is 0.0623. The summed E-state index contributed by atoms with van der Waals surface area (Å²) in [4.78, 5) is 19.0. The lowest BCUT2D eigenvalue weighted by Gasteiger charge is -2.33. The predicted octanol–water partition coefficient (Wildman–Crippen LogP) is 3.86. The molecular weight excluding hydrogens is 445 g/mol. The van der Waals surface area contributed by atoms with Crippen molar-refractivity contribution in [2.75, 3.05) is 24.5 Å². The summed E-state index contributed by atoms with van der Waals surface area (Å²) >= 11 is 0. The van der Waals surface area contributed by atoms with E-state index in [2.05, 4.69) is 22.1 Å². The highest BCUT2D eigenvalue weighted by atomic mass is 19.1. The number of rotatable bonds is 4. The Bertz CT molecular complexity index is 1460. The minimum atomic E-state index is -0.547. The molecule has 2 aromatic heterocycles. The van der Waals surface area contributed by atoms with Crippen LogP contribution < -0.4 is 15.9 Å². The van der Waals surface area contributed by atoms with Crippen LogP contribution in [0.3, 0.4) is 0 Å². The van der Waals surface area contributed by atoms with E-state index in [0.29, 0.717) is 22.7 Å². The average Bonchev–Trinajstić information content (AvgIpc) is 3.18. The van der Waals surface area contributed by atoms with E-state index in [9.17, 15) is 9.90 Å². The molecule has 5 rings (SSSR count). The highest BCUT2D eigenvalue weighted by molar-refractivity contribution is 5.83. The first kappa shape index (κ1) is 22.9. The molecule has 0 radical (unpaired) electrons. The van der Waals surface area contributed by atoms with Crippen LogP contribution in [0, 0.1) is 12.7 Å². The molecule has 1 aliphatic heterocycles. The minimum Gasteiger partial charge on any atom is -0.507 e. The van der Waals surface area contributed by atoms with Crippen LogP contribution in [-0.4, -0.2) is 44.9 Å². The van der Waals surface area contributed by atoms with Gasteiger partial charge in [0.05, 0.1) is 17.6 Å². The summed E-state index contributed by atoms with van der Waals surface area (Å²) in [6, 6.07) is 10.8. The fourth-order valence-corrected chi connectivity index (χ4v) is 4.65. The molecule has 1 saturated heterocycles. The van der Waals surface area contributed by atoms with Crippen molar-refractivity contribution in [3.8, 4) is 33.7 Å². The summed E-state index contributed by atoms with van der Waals surface area (Å²) in [5.41, 5.74) is 4.24. The molecule has 2 N–H and O–H groups in total. The standard InChI is InChI=1S/C27H28FN5O2/c1-17-10-22(19-4-5-25(24(28)13-19)33-9-8-31(3)27(33)35)26(34)23(11-17)20-12-21(15-29-14-20)32-7-6-30-18(2)16-32/h4-5,8-15,18,30,34H,6-7,16H2,1-3H3/t18-/m1/s1. The zero-order valence-corrected chi connectivity index (χ0v) is 20.0. The normalized spacial score (nSPS) is 16.0. The van der Waals surface area contributed by atoms with E-state index in [4.69, 9.17) is 0 Å². The van der Waals surface area contributed by atoms with Gasteiger partial charge >= 0.3 is 5.69 Å². The van der Waals surface area contributed by atoms with Gasteiger partial charge in [-0.25, -0.2) is 9.18 Å². The van der Waals surface area contributed by atoms with Gasteiger partial charge in [0.25, 0.3) is 0 Å². The largest absolute Gasteiger partial charge is 0.507 e. The van der Waals surface area contributed by atoms with Crippen molar-refractivity contribution in [3.63, 3.8) is 0 Å². The number of pyridine rings is 1. The Labute approximate surface area is 203 Å². The summed E-state index contributed by atoms with van der Waals surface area (Å²) in [5.74, 6) is -0.484. The van der Waals surface area contributed by atoms with Gasteiger partial charge in [0.2, 0.25) is 0 Å². The van der Waals surface area contributed by atoms with Gasteiger partial charge in [-0.1, -0.05) is 6.07 Å². The molecule has 1 fully saturated rings. The number of nitrogens with one attached hydrogen (secondary N) is 1. The van der Waals surface area contributed by atoms with Crippen molar-refractivity contribution in [3.05, 3.63) is 83.1 Å². The molecule has 35 heavy (non-hydrogen) atoms. The molecule has 180 valence electrons. The van der Waals surface area contributed by atoms with Gasteiger partial charge in [0.15, 0.2) is 0 Å². The summed E-state index contributed by atoms with van der Waals surface area (Å²) < 4.78 is 17.7. The highest BCUT2D eigenvalue weighted by Crippen LogP contribution is 2.40. The average molecular weight is 474 g/mol. The highest BCUT2D eigenvalue weighted by Gasteiger charge is 2.19. The number of phenolic OH excluding ortho intramolecular Hbond substituents is 1. The zero-order chi connectivity index (χ0) is 24.7. The van der Waals surface area contributed by atoms with Crippen LogP contribution in [0.15, 0.2) is 66.0 Å². The third-order valence-corrected chi connectivity index (χ3v) is 6.49. The van der Waals surface area contributed by atoms with E-state index in [0.717, 1.165) is 36.4 Å². The van der Waals surface area contributed by atoms with Crippen molar-refractivity contribution in [2.45, 2.75) is 19.9 Å². The quantitative estimate of drug-likeness (QED) is 0.471. The van der Waals surface area contributed by atoms with Gasteiger partial charge in [-0.2, -0.15) is 0 Å². The Hall–Kier alpha value is -3.91. The molecule has 1 aliphatic rings. The maximum atomic E-state index is 15.1. The van der Waals surface area contributed by atoms with E-state index < -0.39 is 5.82 Å². The van der Waals surface area contributed by atoms with E-state index in [1.807, 2.05) is 31.3 Å². The van der Waals surface area contributed by atoms with E-state index >= 15 is 4.39 Å². The SMILES string of the molecule is Cc1cc(-c2cncc(N3CCN[C@H](C)C3)c2)c(O)c(-c2ccc(-n3ccn(C)c3=O)c(F)c2)c1. The van der Waals surface area contributed by atoms with Crippen molar-refractivity contribution < 1.29 is 9.50 Å². The second-order valence-corrected chi connectivity index (χ2v) is 9.17. The molecule has 8 heteroatoms. The summed E-state index contributed by atoms with van der Waals surface area (Å²) in [6.45, 7) is 6.77. The van der Waals surface area contributed by atoms with Crippen LogP contribution in [0.5, 0.6) is 5.75 Å². The Kier molecular flexibility index (Phi) is 5.90. The number of imidazole rings is 1. The number of aromatic hydroxyl groups is 1.